The summed E-state index contributed by atoms with van der Waals surface area (Å²) in [6.45, 7) is 1.73. The minimum absolute atomic E-state index is 0.0141. The van der Waals surface area contributed by atoms with E-state index < -0.39 is 0 Å². The highest BCUT2D eigenvalue weighted by atomic mass is 32.2. The zero-order valence-electron chi connectivity index (χ0n) is 16.2. The predicted molar refractivity (Wildman–Crippen MR) is 110 cm³/mol. The van der Waals surface area contributed by atoms with Crippen molar-refractivity contribution in [2.45, 2.75) is 17.9 Å². The fourth-order valence-corrected chi connectivity index (χ4v) is 3.71. The molecule has 2 heterocycles. The molecular weight excluding hydrogens is 374 g/mol. The molecule has 3 rings (SSSR count). The van der Waals surface area contributed by atoms with E-state index in [4.69, 9.17) is 4.74 Å². The average Bonchev–Trinajstić information content (AvgIpc) is 3.13. The molecule has 28 heavy (non-hydrogen) atoms. The molecule has 0 radical (unpaired) electrons. The largest absolute Gasteiger partial charge is 0.383 e. The van der Waals surface area contributed by atoms with Gasteiger partial charge in [-0.3, -0.25) is 14.6 Å². The summed E-state index contributed by atoms with van der Waals surface area (Å²) >= 11 is 1.66. The summed E-state index contributed by atoms with van der Waals surface area (Å²) in [6.07, 6.45) is 3.96. The van der Waals surface area contributed by atoms with E-state index in [0.717, 1.165) is 16.3 Å². The molecule has 1 aliphatic heterocycles. The molecule has 1 aliphatic rings. The van der Waals surface area contributed by atoms with Crippen molar-refractivity contribution in [2.24, 2.45) is 5.92 Å². The lowest BCUT2D eigenvalue weighted by Gasteiger charge is -2.25. The van der Waals surface area contributed by atoms with E-state index in [1.807, 2.05) is 48.7 Å². The zero-order valence-corrected chi connectivity index (χ0v) is 17.0. The Hall–Kier alpha value is -2.38. The van der Waals surface area contributed by atoms with Crippen LogP contribution >= 0.6 is 11.8 Å². The van der Waals surface area contributed by atoms with E-state index in [-0.39, 0.29) is 24.2 Å². The number of aromatic nitrogens is 1. The molecule has 1 unspecified atom stereocenters. The van der Waals surface area contributed by atoms with E-state index in [2.05, 4.69) is 4.98 Å². The van der Waals surface area contributed by atoms with Crippen LogP contribution in [0.25, 0.3) is 0 Å². The molecule has 2 aromatic rings. The maximum atomic E-state index is 13.1. The Balaban J connectivity index is 1.70. The van der Waals surface area contributed by atoms with Crippen LogP contribution in [0.4, 0.5) is 5.69 Å². The van der Waals surface area contributed by atoms with Crippen molar-refractivity contribution in [3.63, 3.8) is 0 Å². The highest BCUT2D eigenvalue weighted by molar-refractivity contribution is 7.98. The maximum absolute atomic E-state index is 13.1. The van der Waals surface area contributed by atoms with Crippen molar-refractivity contribution in [1.29, 1.82) is 0 Å². The Morgan fingerprint density at radius 2 is 2.07 bits per heavy atom. The lowest BCUT2D eigenvalue weighted by molar-refractivity contribution is -0.137. The number of benzene rings is 1. The number of carbonyl (C=O) groups excluding carboxylic acids is 2. The van der Waals surface area contributed by atoms with Crippen molar-refractivity contribution >= 4 is 29.3 Å². The van der Waals surface area contributed by atoms with Gasteiger partial charge in [0.05, 0.1) is 24.8 Å². The van der Waals surface area contributed by atoms with E-state index in [9.17, 15) is 9.59 Å². The quantitative estimate of drug-likeness (QED) is 0.639. The molecule has 0 N–H and O–H groups in total. The van der Waals surface area contributed by atoms with Gasteiger partial charge < -0.3 is 14.5 Å². The lowest BCUT2D eigenvalue weighted by atomic mass is 10.1. The van der Waals surface area contributed by atoms with Gasteiger partial charge in [0.1, 0.15) is 0 Å². The topological polar surface area (TPSA) is 62.7 Å². The molecule has 1 aromatic carbocycles. The molecule has 0 saturated carbocycles. The first-order valence-electron chi connectivity index (χ1n) is 9.24. The van der Waals surface area contributed by atoms with Gasteiger partial charge in [0.25, 0.3) is 0 Å². The van der Waals surface area contributed by atoms with Gasteiger partial charge in [0, 0.05) is 43.4 Å². The summed E-state index contributed by atoms with van der Waals surface area (Å²) in [5.74, 6) is -0.396. The van der Waals surface area contributed by atoms with E-state index in [1.165, 1.54) is 0 Å². The second-order valence-electron chi connectivity index (χ2n) is 6.68. The summed E-state index contributed by atoms with van der Waals surface area (Å²) in [5, 5.41) is 0. The number of anilines is 1. The number of hydrogen-bond donors (Lipinski definition) is 0. The predicted octanol–water partition coefficient (Wildman–Crippen LogP) is 2.83. The molecule has 148 valence electrons. The van der Waals surface area contributed by atoms with Crippen LogP contribution in [-0.2, 0) is 20.9 Å². The van der Waals surface area contributed by atoms with Crippen LogP contribution in [0.3, 0.4) is 0 Å². The SMILES string of the molecule is COCCN(Cc1ccccn1)C(=O)C1CC(=O)N(c2ccc(SC)cc2)C1. The standard InChI is InChI=1S/C21H25N3O3S/c1-27-12-11-23(15-17-5-3-4-10-22-17)21(26)16-13-20(25)24(14-16)18-6-8-19(28-2)9-7-18/h3-10,16H,11-15H2,1-2H3. The first-order valence-corrected chi connectivity index (χ1v) is 10.5. The molecule has 1 atom stereocenters. The highest BCUT2D eigenvalue weighted by Crippen LogP contribution is 2.28. The maximum Gasteiger partial charge on any atom is 0.228 e. The fourth-order valence-electron chi connectivity index (χ4n) is 3.30. The second kappa shape index (κ2) is 9.71. The molecule has 0 bridgehead atoms. The summed E-state index contributed by atoms with van der Waals surface area (Å²) < 4.78 is 5.16. The number of nitrogens with zero attached hydrogens (tertiary/aromatic N) is 3. The summed E-state index contributed by atoms with van der Waals surface area (Å²) in [4.78, 5) is 34.6. The zero-order chi connectivity index (χ0) is 19.9. The Bertz CT molecular complexity index is 798. The molecule has 7 heteroatoms. The molecule has 0 aliphatic carbocycles. The van der Waals surface area contributed by atoms with Crippen LogP contribution in [0.1, 0.15) is 12.1 Å². The summed E-state index contributed by atoms with van der Waals surface area (Å²) in [5.41, 5.74) is 1.66. The summed E-state index contributed by atoms with van der Waals surface area (Å²) in [6, 6.07) is 13.5. The summed E-state index contributed by atoms with van der Waals surface area (Å²) in [7, 11) is 1.61. The van der Waals surface area contributed by atoms with Crippen molar-refractivity contribution in [1.82, 2.24) is 9.88 Å². The van der Waals surface area contributed by atoms with Gasteiger partial charge in [-0.05, 0) is 42.7 Å². The molecule has 0 spiro atoms. The van der Waals surface area contributed by atoms with Gasteiger partial charge in [-0.2, -0.15) is 0 Å². The van der Waals surface area contributed by atoms with Gasteiger partial charge >= 0.3 is 0 Å². The third kappa shape index (κ3) is 4.91. The number of pyridine rings is 1. The third-order valence-electron chi connectivity index (χ3n) is 4.81. The first-order chi connectivity index (χ1) is 13.6. The normalized spacial score (nSPS) is 16.4. The van der Waals surface area contributed by atoms with Crippen molar-refractivity contribution in [3.05, 3.63) is 54.4 Å². The molecule has 1 fully saturated rings. The highest BCUT2D eigenvalue weighted by Gasteiger charge is 2.37. The first kappa shape index (κ1) is 20.4. The Labute approximate surface area is 169 Å². The monoisotopic (exact) mass is 399 g/mol. The van der Waals surface area contributed by atoms with Crippen LogP contribution in [0.15, 0.2) is 53.6 Å². The number of carbonyl (C=O) groups is 2. The van der Waals surface area contributed by atoms with Crippen molar-refractivity contribution < 1.29 is 14.3 Å². The number of methoxy groups -OCH3 is 1. The number of ether oxygens (including phenoxy) is 1. The van der Waals surface area contributed by atoms with Gasteiger partial charge in [-0.1, -0.05) is 6.07 Å². The molecule has 6 nitrogen and oxygen atoms in total. The Kier molecular flexibility index (Phi) is 7.06. The third-order valence-corrected chi connectivity index (χ3v) is 5.56. The van der Waals surface area contributed by atoms with Crippen LogP contribution < -0.4 is 4.90 Å². The van der Waals surface area contributed by atoms with E-state index in [0.29, 0.717) is 26.2 Å². The second-order valence-corrected chi connectivity index (χ2v) is 7.56. The fraction of sp³-hybridized carbons (Fsp3) is 0.381. The van der Waals surface area contributed by atoms with Crippen LogP contribution in [-0.4, -0.2) is 54.8 Å². The van der Waals surface area contributed by atoms with Crippen LogP contribution in [0.2, 0.25) is 0 Å². The smallest absolute Gasteiger partial charge is 0.228 e. The number of thioether (sulfide) groups is 1. The van der Waals surface area contributed by atoms with Crippen molar-refractivity contribution in [3.8, 4) is 0 Å². The van der Waals surface area contributed by atoms with Gasteiger partial charge in [-0.15, -0.1) is 11.8 Å². The van der Waals surface area contributed by atoms with E-state index >= 15 is 0 Å². The Morgan fingerprint density at radius 3 is 2.71 bits per heavy atom. The van der Waals surface area contributed by atoms with Crippen molar-refractivity contribution in [2.75, 3.05) is 38.0 Å². The molecule has 2 amide bonds. The van der Waals surface area contributed by atoms with Gasteiger partial charge in [0.15, 0.2) is 0 Å². The van der Waals surface area contributed by atoms with Crippen LogP contribution in [0, 0.1) is 5.92 Å². The van der Waals surface area contributed by atoms with Gasteiger partial charge in [-0.25, -0.2) is 0 Å². The van der Waals surface area contributed by atoms with Gasteiger partial charge in [0.2, 0.25) is 11.8 Å². The molecular formula is C21H25N3O3S. The Morgan fingerprint density at radius 1 is 1.29 bits per heavy atom. The minimum atomic E-state index is -0.353. The molecule has 1 aromatic heterocycles. The lowest BCUT2D eigenvalue weighted by Crippen LogP contribution is -2.39. The number of rotatable bonds is 8. The van der Waals surface area contributed by atoms with Crippen LogP contribution in [0.5, 0.6) is 0 Å². The minimum Gasteiger partial charge on any atom is -0.383 e. The number of hydrogen-bond acceptors (Lipinski definition) is 5. The average molecular weight is 400 g/mol. The molecule has 1 saturated heterocycles. The van der Waals surface area contributed by atoms with E-state index in [1.54, 1.807) is 34.9 Å². The number of amides is 2.